The Balaban J connectivity index is 2.44. The first kappa shape index (κ1) is 13.3. The molecule has 0 saturated carbocycles. The van der Waals surface area contributed by atoms with Gasteiger partial charge in [0.1, 0.15) is 4.90 Å². The third-order valence-corrected chi connectivity index (χ3v) is 5.96. The molecule has 1 aliphatic heterocycles. The van der Waals surface area contributed by atoms with Crippen molar-refractivity contribution in [2.75, 3.05) is 6.54 Å². The Morgan fingerprint density at radius 2 is 2.18 bits per heavy atom. The normalized spacial score (nSPS) is 21.9. The molecule has 1 aromatic carbocycles. The minimum absolute atomic E-state index is 0.0553. The predicted molar refractivity (Wildman–Crippen MR) is 71.7 cm³/mol. The summed E-state index contributed by atoms with van der Waals surface area (Å²) in [6, 6.07) is 4.90. The van der Waals surface area contributed by atoms with E-state index in [0.29, 0.717) is 6.54 Å². The SMILES string of the molecule is CC1CCCN1S(=O)(=O)c1ccc(Br)cc1Cl. The second-order valence-corrected chi connectivity index (χ2v) is 7.36. The molecule has 1 saturated heterocycles. The van der Waals surface area contributed by atoms with Crippen molar-refractivity contribution in [1.82, 2.24) is 4.31 Å². The van der Waals surface area contributed by atoms with Crippen LogP contribution in [0.1, 0.15) is 19.8 Å². The van der Waals surface area contributed by atoms with Crippen LogP contribution in [0.3, 0.4) is 0 Å². The van der Waals surface area contributed by atoms with Crippen molar-refractivity contribution in [2.24, 2.45) is 0 Å². The molecule has 0 amide bonds. The molecule has 0 aliphatic carbocycles. The highest BCUT2D eigenvalue weighted by molar-refractivity contribution is 9.10. The number of hydrogen-bond donors (Lipinski definition) is 0. The fourth-order valence-electron chi connectivity index (χ4n) is 2.07. The Hall–Kier alpha value is -0.100. The highest BCUT2D eigenvalue weighted by Crippen LogP contribution is 2.31. The van der Waals surface area contributed by atoms with Crippen molar-refractivity contribution in [2.45, 2.75) is 30.7 Å². The molecule has 0 N–H and O–H groups in total. The van der Waals surface area contributed by atoms with E-state index in [2.05, 4.69) is 15.9 Å². The average molecular weight is 339 g/mol. The maximum absolute atomic E-state index is 12.4. The number of rotatable bonds is 2. The molecule has 1 heterocycles. The van der Waals surface area contributed by atoms with Crippen LogP contribution < -0.4 is 0 Å². The van der Waals surface area contributed by atoms with Gasteiger partial charge in [-0.25, -0.2) is 8.42 Å². The molecule has 0 aromatic heterocycles. The zero-order valence-electron chi connectivity index (χ0n) is 9.36. The highest BCUT2D eigenvalue weighted by atomic mass is 79.9. The van der Waals surface area contributed by atoms with Gasteiger partial charge in [0.15, 0.2) is 0 Å². The smallest absolute Gasteiger partial charge is 0.207 e. The fourth-order valence-corrected chi connectivity index (χ4v) is 4.79. The Labute approximate surface area is 115 Å². The topological polar surface area (TPSA) is 37.4 Å². The second-order valence-electron chi connectivity index (χ2n) is 4.18. The molecule has 1 aromatic rings. The Bertz CT molecular complexity index is 532. The quantitative estimate of drug-likeness (QED) is 0.830. The van der Waals surface area contributed by atoms with Gasteiger partial charge in [-0.3, -0.25) is 0 Å². The molecule has 2 rings (SSSR count). The summed E-state index contributed by atoms with van der Waals surface area (Å²) in [7, 11) is -3.45. The molecular formula is C11H13BrClNO2S. The number of benzene rings is 1. The van der Waals surface area contributed by atoms with Gasteiger partial charge in [-0.15, -0.1) is 0 Å². The number of sulfonamides is 1. The number of nitrogens with zero attached hydrogens (tertiary/aromatic N) is 1. The van der Waals surface area contributed by atoms with Crippen molar-refractivity contribution in [3.8, 4) is 0 Å². The summed E-state index contributed by atoms with van der Waals surface area (Å²) in [6.07, 6.45) is 1.82. The van der Waals surface area contributed by atoms with Crippen molar-refractivity contribution < 1.29 is 8.42 Å². The Morgan fingerprint density at radius 1 is 1.47 bits per heavy atom. The first-order chi connectivity index (χ1) is 7.93. The molecule has 1 fully saturated rings. The van der Waals surface area contributed by atoms with Crippen LogP contribution in [0.15, 0.2) is 27.6 Å². The van der Waals surface area contributed by atoms with Crippen molar-refractivity contribution in [3.63, 3.8) is 0 Å². The summed E-state index contributed by atoms with van der Waals surface area (Å²) in [5.41, 5.74) is 0. The zero-order chi connectivity index (χ0) is 12.6. The summed E-state index contributed by atoms with van der Waals surface area (Å²) >= 11 is 9.27. The van der Waals surface area contributed by atoms with Gasteiger partial charge < -0.3 is 0 Å². The maximum Gasteiger partial charge on any atom is 0.244 e. The van der Waals surface area contributed by atoms with Crippen LogP contribution in [0.4, 0.5) is 0 Å². The van der Waals surface area contributed by atoms with Gasteiger partial charge in [0, 0.05) is 17.1 Å². The highest BCUT2D eigenvalue weighted by Gasteiger charge is 2.33. The van der Waals surface area contributed by atoms with E-state index in [1.165, 1.54) is 4.31 Å². The first-order valence-electron chi connectivity index (χ1n) is 5.40. The Morgan fingerprint density at radius 3 is 2.71 bits per heavy atom. The van der Waals surface area contributed by atoms with Crippen LogP contribution >= 0.6 is 27.5 Å². The van der Waals surface area contributed by atoms with Crippen LogP contribution in [0.25, 0.3) is 0 Å². The third kappa shape index (κ3) is 2.52. The molecule has 1 atom stereocenters. The molecular weight excluding hydrogens is 326 g/mol. The lowest BCUT2D eigenvalue weighted by molar-refractivity contribution is 0.408. The molecule has 0 bridgehead atoms. The van der Waals surface area contributed by atoms with Crippen molar-refractivity contribution in [1.29, 1.82) is 0 Å². The number of halogens is 2. The molecule has 1 aliphatic rings. The van der Waals surface area contributed by atoms with Crippen LogP contribution in [0, 0.1) is 0 Å². The lowest BCUT2D eigenvalue weighted by atomic mass is 10.3. The standard InChI is InChI=1S/C11H13BrClNO2S/c1-8-3-2-6-14(8)17(15,16)11-5-4-9(12)7-10(11)13/h4-5,7-8H,2-3,6H2,1H3. The average Bonchev–Trinajstić information content (AvgIpc) is 2.64. The molecule has 94 valence electrons. The summed E-state index contributed by atoms with van der Waals surface area (Å²) in [4.78, 5) is 0.191. The zero-order valence-corrected chi connectivity index (χ0v) is 12.5. The summed E-state index contributed by atoms with van der Waals surface area (Å²) in [6.45, 7) is 2.51. The second kappa shape index (κ2) is 4.88. The van der Waals surface area contributed by atoms with E-state index >= 15 is 0 Å². The van der Waals surface area contributed by atoms with Crippen molar-refractivity contribution >= 4 is 37.6 Å². The van der Waals surface area contributed by atoms with Crippen LogP contribution in [-0.4, -0.2) is 25.3 Å². The largest absolute Gasteiger partial charge is 0.244 e. The summed E-state index contributed by atoms with van der Waals surface area (Å²) in [5, 5.41) is 0.262. The van der Waals surface area contributed by atoms with E-state index < -0.39 is 10.0 Å². The molecule has 3 nitrogen and oxygen atoms in total. The van der Waals surface area contributed by atoms with Gasteiger partial charge in [0.25, 0.3) is 0 Å². The monoisotopic (exact) mass is 337 g/mol. The van der Waals surface area contributed by atoms with Gasteiger partial charge >= 0.3 is 0 Å². The molecule has 1 unspecified atom stereocenters. The molecule has 17 heavy (non-hydrogen) atoms. The van der Waals surface area contributed by atoms with Crippen LogP contribution in [-0.2, 0) is 10.0 Å². The van der Waals surface area contributed by atoms with E-state index in [1.807, 2.05) is 6.92 Å². The van der Waals surface area contributed by atoms with Crippen molar-refractivity contribution in [3.05, 3.63) is 27.7 Å². The summed E-state index contributed by atoms with van der Waals surface area (Å²) < 4.78 is 27.1. The fraction of sp³-hybridized carbons (Fsp3) is 0.455. The van der Waals surface area contributed by atoms with E-state index in [0.717, 1.165) is 17.3 Å². The van der Waals surface area contributed by atoms with E-state index in [-0.39, 0.29) is 16.0 Å². The van der Waals surface area contributed by atoms with Gasteiger partial charge in [-0.2, -0.15) is 4.31 Å². The molecule has 6 heteroatoms. The predicted octanol–water partition coefficient (Wildman–Crippen LogP) is 3.28. The lowest BCUT2D eigenvalue weighted by Crippen LogP contribution is -2.33. The molecule has 0 spiro atoms. The minimum atomic E-state index is -3.45. The van der Waals surface area contributed by atoms with E-state index in [1.54, 1.807) is 18.2 Å². The maximum atomic E-state index is 12.4. The Kier molecular flexibility index (Phi) is 3.83. The van der Waals surface area contributed by atoms with Crippen LogP contribution in [0.2, 0.25) is 5.02 Å². The number of hydrogen-bond acceptors (Lipinski definition) is 2. The van der Waals surface area contributed by atoms with E-state index in [9.17, 15) is 8.42 Å². The van der Waals surface area contributed by atoms with Gasteiger partial charge in [-0.05, 0) is 38.0 Å². The van der Waals surface area contributed by atoms with E-state index in [4.69, 9.17) is 11.6 Å². The molecule has 0 radical (unpaired) electrons. The van der Waals surface area contributed by atoms with Crippen LogP contribution in [0.5, 0.6) is 0 Å². The van der Waals surface area contributed by atoms with Gasteiger partial charge in [0.05, 0.1) is 5.02 Å². The minimum Gasteiger partial charge on any atom is -0.207 e. The first-order valence-corrected chi connectivity index (χ1v) is 8.01. The summed E-state index contributed by atoms with van der Waals surface area (Å²) in [5.74, 6) is 0. The van der Waals surface area contributed by atoms with Gasteiger partial charge in [-0.1, -0.05) is 27.5 Å². The third-order valence-electron chi connectivity index (χ3n) is 2.97. The van der Waals surface area contributed by atoms with Gasteiger partial charge in [0.2, 0.25) is 10.0 Å². The lowest BCUT2D eigenvalue weighted by Gasteiger charge is -2.21.